The summed E-state index contributed by atoms with van der Waals surface area (Å²) < 4.78 is 42.1. The number of aliphatic hydroxyl groups is 1. The van der Waals surface area contributed by atoms with Gasteiger partial charge in [-0.15, -0.1) is 6.58 Å². The fourth-order valence-corrected chi connectivity index (χ4v) is 5.18. The molecule has 3 aromatic rings. The van der Waals surface area contributed by atoms with E-state index in [0.717, 1.165) is 25.0 Å². The van der Waals surface area contributed by atoms with Crippen LogP contribution in [0.5, 0.6) is 0 Å². The Balaban J connectivity index is 1.46. The van der Waals surface area contributed by atoms with Crippen molar-refractivity contribution < 1.29 is 18.3 Å². The summed E-state index contributed by atoms with van der Waals surface area (Å²) >= 11 is 0. The first-order chi connectivity index (χ1) is 17.6. The van der Waals surface area contributed by atoms with Gasteiger partial charge >= 0.3 is 6.18 Å². The Morgan fingerprint density at radius 1 is 1.11 bits per heavy atom. The van der Waals surface area contributed by atoms with Gasteiger partial charge < -0.3 is 20.6 Å². The number of rotatable bonds is 5. The van der Waals surface area contributed by atoms with Crippen molar-refractivity contribution >= 4 is 28.6 Å². The zero-order valence-corrected chi connectivity index (χ0v) is 20.7. The SMILES string of the molecule is C=CC1(CO)CCN(c2nc(N3CCC(c4nc(N)n(C)n4)CC3)nc3cc(C(F)(F)F)ccc23)CC1. The van der Waals surface area contributed by atoms with Gasteiger partial charge in [0.2, 0.25) is 11.9 Å². The molecule has 2 aliphatic rings. The second-order valence-electron chi connectivity index (χ2n) is 10.0. The van der Waals surface area contributed by atoms with Crippen molar-refractivity contribution in [2.75, 3.05) is 48.3 Å². The van der Waals surface area contributed by atoms with Gasteiger partial charge in [-0.05, 0) is 43.9 Å². The van der Waals surface area contributed by atoms with E-state index in [1.165, 1.54) is 6.07 Å². The molecular formula is C25H31F3N8O. The van der Waals surface area contributed by atoms with Crippen LogP contribution in [0.1, 0.15) is 43.0 Å². The molecule has 2 aliphatic heterocycles. The van der Waals surface area contributed by atoms with Crippen LogP contribution in [0.4, 0.5) is 30.9 Å². The van der Waals surface area contributed by atoms with Crippen molar-refractivity contribution in [1.82, 2.24) is 24.7 Å². The van der Waals surface area contributed by atoms with E-state index in [-0.39, 0.29) is 23.5 Å². The van der Waals surface area contributed by atoms with Crippen LogP contribution in [0.15, 0.2) is 30.9 Å². The van der Waals surface area contributed by atoms with E-state index in [0.29, 0.717) is 67.9 Å². The van der Waals surface area contributed by atoms with Crippen LogP contribution in [-0.4, -0.2) is 62.6 Å². The summed E-state index contributed by atoms with van der Waals surface area (Å²) in [6, 6.07) is 3.64. The molecule has 0 spiro atoms. The molecule has 2 fully saturated rings. The van der Waals surface area contributed by atoms with E-state index in [1.54, 1.807) is 17.8 Å². The number of aryl methyl sites for hydroxylation is 1. The summed E-state index contributed by atoms with van der Waals surface area (Å²) in [6.07, 6.45) is 0.207. The molecule has 5 rings (SSSR count). The number of aliphatic hydroxyl groups excluding tert-OH is 1. The number of nitrogen functional groups attached to an aromatic ring is 1. The molecular weight excluding hydrogens is 485 g/mol. The van der Waals surface area contributed by atoms with Gasteiger partial charge in [0.1, 0.15) is 5.82 Å². The Hall–Kier alpha value is -3.41. The van der Waals surface area contributed by atoms with Crippen molar-refractivity contribution in [3.05, 3.63) is 42.2 Å². The number of nitrogens with zero attached hydrogens (tertiary/aromatic N) is 7. The Bertz CT molecular complexity index is 1270. The number of halogens is 3. The molecule has 0 bridgehead atoms. The lowest BCUT2D eigenvalue weighted by atomic mass is 9.79. The minimum Gasteiger partial charge on any atom is -0.395 e. The third kappa shape index (κ3) is 4.81. The number of aromatic nitrogens is 5. The summed E-state index contributed by atoms with van der Waals surface area (Å²) in [4.78, 5) is 17.9. The van der Waals surface area contributed by atoms with Crippen molar-refractivity contribution in [2.24, 2.45) is 12.5 Å². The van der Waals surface area contributed by atoms with Gasteiger partial charge in [0.15, 0.2) is 5.82 Å². The van der Waals surface area contributed by atoms with Gasteiger partial charge in [-0.3, -0.25) is 0 Å². The highest BCUT2D eigenvalue weighted by Crippen LogP contribution is 2.38. The average Bonchev–Trinajstić information content (AvgIpc) is 3.25. The summed E-state index contributed by atoms with van der Waals surface area (Å²) in [5.41, 5.74) is 5.01. The van der Waals surface area contributed by atoms with E-state index in [2.05, 4.69) is 26.5 Å². The monoisotopic (exact) mass is 516 g/mol. The van der Waals surface area contributed by atoms with Gasteiger partial charge in [-0.2, -0.15) is 28.2 Å². The van der Waals surface area contributed by atoms with Crippen molar-refractivity contribution in [2.45, 2.75) is 37.8 Å². The fourth-order valence-electron chi connectivity index (χ4n) is 5.18. The summed E-state index contributed by atoms with van der Waals surface area (Å²) in [6.45, 7) is 6.35. The molecule has 0 radical (unpaired) electrons. The fraction of sp³-hybridized carbons (Fsp3) is 0.520. The van der Waals surface area contributed by atoms with Crippen LogP contribution in [0.2, 0.25) is 0 Å². The maximum atomic E-state index is 13.5. The molecule has 9 nitrogen and oxygen atoms in total. The number of anilines is 3. The first kappa shape index (κ1) is 25.2. The van der Waals surface area contributed by atoms with E-state index in [4.69, 9.17) is 10.7 Å². The molecule has 198 valence electrons. The quantitative estimate of drug-likeness (QED) is 0.496. The first-order valence-corrected chi connectivity index (χ1v) is 12.4. The number of fused-ring (bicyclic) bond motifs is 1. The number of hydrogen-bond acceptors (Lipinski definition) is 8. The lowest BCUT2D eigenvalue weighted by Crippen LogP contribution is -2.42. The van der Waals surface area contributed by atoms with Crippen molar-refractivity contribution in [3.63, 3.8) is 0 Å². The Morgan fingerprint density at radius 2 is 1.81 bits per heavy atom. The second-order valence-corrected chi connectivity index (χ2v) is 10.0. The van der Waals surface area contributed by atoms with Gasteiger partial charge in [0, 0.05) is 49.9 Å². The maximum absolute atomic E-state index is 13.5. The minimum atomic E-state index is -4.47. The normalized spacial score (nSPS) is 18.9. The van der Waals surface area contributed by atoms with E-state index < -0.39 is 11.7 Å². The van der Waals surface area contributed by atoms with Gasteiger partial charge in [-0.1, -0.05) is 6.08 Å². The highest BCUT2D eigenvalue weighted by molar-refractivity contribution is 5.91. The van der Waals surface area contributed by atoms with E-state index in [9.17, 15) is 18.3 Å². The topological polar surface area (TPSA) is 109 Å². The van der Waals surface area contributed by atoms with Crippen LogP contribution < -0.4 is 15.5 Å². The summed E-state index contributed by atoms with van der Waals surface area (Å²) in [7, 11) is 1.75. The molecule has 3 N–H and O–H groups in total. The number of benzene rings is 1. The number of alkyl halides is 3. The number of piperidine rings is 2. The van der Waals surface area contributed by atoms with Crippen LogP contribution in [-0.2, 0) is 13.2 Å². The predicted molar refractivity (Wildman–Crippen MR) is 135 cm³/mol. The number of nitrogens with two attached hydrogens (primary N) is 1. The lowest BCUT2D eigenvalue weighted by Gasteiger charge is -2.40. The van der Waals surface area contributed by atoms with Gasteiger partial charge in [0.25, 0.3) is 0 Å². The average molecular weight is 517 g/mol. The van der Waals surface area contributed by atoms with Crippen molar-refractivity contribution in [3.8, 4) is 0 Å². The van der Waals surface area contributed by atoms with Gasteiger partial charge in [0.05, 0.1) is 17.7 Å². The molecule has 37 heavy (non-hydrogen) atoms. The van der Waals surface area contributed by atoms with Crippen LogP contribution in [0, 0.1) is 5.41 Å². The predicted octanol–water partition coefficient (Wildman–Crippen LogP) is 3.51. The maximum Gasteiger partial charge on any atom is 0.416 e. The summed E-state index contributed by atoms with van der Waals surface area (Å²) in [5.74, 6) is 2.24. The van der Waals surface area contributed by atoms with Crippen LogP contribution in [0.25, 0.3) is 10.9 Å². The largest absolute Gasteiger partial charge is 0.416 e. The van der Waals surface area contributed by atoms with E-state index >= 15 is 0 Å². The van der Waals surface area contributed by atoms with Crippen LogP contribution in [0.3, 0.4) is 0 Å². The highest BCUT2D eigenvalue weighted by Gasteiger charge is 2.34. The van der Waals surface area contributed by atoms with Crippen LogP contribution >= 0.6 is 0 Å². The molecule has 1 aromatic carbocycles. The Morgan fingerprint density at radius 3 is 2.38 bits per heavy atom. The molecule has 0 atom stereocenters. The minimum absolute atomic E-state index is 0.0147. The third-order valence-electron chi connectivity index (χ3n) is 7.76. The number of hydrogen-bond donors (Lipinski definition) is 2. The molecule has 0 amide bonds. The zero-order valence-electron chi connectivity index (χ0n) is 20.7. The second kappa shape index (κ2) is 9.47. The molecule has 0 aliphatic carbocycles. The zero-order chi connectivity index (χ0) is 26.4. The molecule has 4 heterocycles. The lowest BCUT2D eigenvalue weighted by molar-refractivity contribution is -0.137. The molecule has 0 unspecified atom stereocenters. The molecule has 2 aromatic heterocycles. The molecule has 12 heteroatoms. The highest BCUT2D eigenvalue weighted by atomic mass is 19.4. The smallest absolute Gasteiger partial charge is 0.395 e. The standard InChI is InChI=1S/C25H31F3N8O/c1-3-24(15-37)8-12-35(13-9-24)21-18-5-4-17(25(26,27)28)14-19(18)30-23(32-21)36-10-6-16(7-11-36)20-31-22(29)34(2)33-20/h3-5,14,16,37H,1,6-13,15H2,2H3,(H2,29,31,33). The first-order valence-electron chi connectivity index (χ1n) is 12.4. The Labute approximate surface area is 212 Å². The molecule has 2 saturated heterocycles. The van der Waals surface area contributed by atoms with Gasteiger partial charge in [-0.25, -0.2) is 9.67 Å². The van der Waals surface area contributed by atoms with Crippen molar-refractivity contribution in [1.29, 1.82) is 0 Å². The summed E-state index contributed by atoms with van der Waals surface area (Å²) in [5, 5.41) is 14.8. The van der Waals surface area contributed by atoms with E-state index in [1.807, 2.05) is 4.90 Å². The third-order valence-corrected chi connectivity index (χ3v) is 7.76. The molecule has 0 saturated carbocycles. The Kier molecular flexibility index (Phi) is 6.47.